The van der Waals surface area contributed by atoms with E-state index in [1.165, 1.54) is 0 Å². The number of nitrogens with one attached hydrogen (secondary N) is 1. The first-order valence-electron chi connectivity index (χ1n) is 8.53. The smallest absolute Gasteiger partial charge is 0.229 e. The molecule has 0 fully saturated rings. The molecule has 132 valence electrons. The van der Waals surface area contributed by atoms with Crippen LogP contribution in [0.2, 0.25) is 5.15 Å². The third-order valence-electron chi connectivity index (χ3n) is 4.09. The van der Waals surface area contributed by atoms with Crippen LogP contribution in [0.25, 0.3) is 11.3 Å². The van der Waals surface area contributed by atoms with Crippen molar-refractivity contribution in [2.24, 2.45) is 0 Å². The van der Waals surface area contributed by atoms with Crippen LogP contribution in [0.5, 0.6) is 0 Å². The molecule has 0 amide bonds. The highest BCUT2D eigenvalue weighted by atomic mass is 35.5. The van der Waals surface area contributed by atoms with Crippen LogP contribution < -0.4 is 5.32 Å². The minimum Gasteiger partial charge on any atom is -0.462 e. The largest absolute Gasteiger partial charge is 0.462 e. The van der Waals surface area contributed by atoms with Crippen LogP contribution >= 0.6 is 11.6 Å². The average Bonchev–Trinajstić information content (AvgIpc) is 3.16. The number of rotatable bonds is 8. The second-order valence-electron chi connectivity index (χ2n) is 5.88. The molecule has 25 heavy (non-hydrogen) atoms. The van der Waals surface area contributed by atoms with Crippen LogP contribution in [-0.4, -0.2) is 23.5 Å². The minimum absolute atomic E-state index is 0.286. The van der Waals surface area contributed by atoms with Crippen molar-refractivity contribution >= 4 is 11.6 Å². The number of halogens is 1. The monoisotopic (exact) mass is 359 g/mol. The molecule has 1 aliphatic rings. The maximum absolute atomic E-state index is 6.38. The van der Waals surface area contributed by atoms with E-state index in [1.54, 1.807) is 6.26 Å². The van der Waals surface area contributed by atoms with Crippen LogP contribution in [0, 0.1) is 0 Å². The van der Waals surface area contributed by atoms with Gasteiger partial charge in [-0.2, -0.15) is 0 Å². The molecule has 3 rings (SSSR count). The topological polar surface area (TPSA) is 56.3 Å². The zero-order valence-corrected chi connectivity index (χ0v) is 15.1. The first-order valence-corrected chi connectivity index (χ1v) is 8.91. The highest BCUT2D eigenvalue weighted by molar-refractivity contribution is 6.30. The Morgan fingerprint density at radius 2 is 1.96 bits per heavy atom. The Hall–Kier alpha value is -2.11. The zero-order chi connectivity index (χ0) is 17.5. The number of hydrogen-bond donors (Lipinski definition) is 1. The van der Waals surface area contributed by atoms with Gasteiger partial charge < -0.3 is 14.8 Å². The lowest BCUT2D eigenvalue weighted by atomic mass is 9.97. The Morgan fingerprint density at radius 3 is 2.68 bits per heavy atom. The van der Waals surface area contributed by atoms with Gasteiger partial charge in [-0.1, -0.05) is 55.3 Å². The molecule has 0 aliphatic carbocycles. The van der Waals surface area contributed by atoms with Gasteiger partial charge in [-0.25, -0.2) is 0 Å². The standard InChI is InChI=1S/C19H22ClN3O2/c1-2-3-9-16-17(11-21-10-15-12-24-13-25-15)19(20)23-22-18(16)14-7-5-4-6-8-14/h4-8,12,21H,2-3,9-11,13H2,1H3. The predicted octanol–water partition coefficient (Wildman–Crippen LogP) is 4.07. The summed E-state index contributed by atoms with van der Waals surface area (Å²) < 4.78 is 10.4. The molecule has 2 heterocycles. The summed E-state index contributed by atoms with van der Waals surface area (Å²) in [6.07, 6.45) is 4.75. The van der Waals surface area contributed by atoms with Crippen molar-refractivity contribution in [3.8, 4) is 11.3 Å². The van der Waals surface area contributed by atoms with Crippen molar-refractivity contribution in [1.82, 2.24) is 15.5 Å². The molecule has 0 atom stereocenters. The summed E-state index contributed by atoms with van der Waals surface area (Å²) in [6.45, 7) is 3.66. The highest BCUT2D eigenvalue weighted by Crippen LogP contribution is 2.28. The molecule has 0 spiro atoms. The molecule has 5 nitrogen and oxygen atoms in total. The summed E-state index contributed by atoms with van der Waals surface area (Å²) in [7, 11) is 0. The molecule has 1 aromatic heterocycles. The number of benzene rings is 1. The Morgan fingerprint density at radius 1 is 1.12 bits per heavy atom. The number of nitrogens with zero attached hydrogens (tertiary/aromatic N) is 2. The summed E-state index contributed by atoms with van der Waals surface area (Å²) in [5.74, 6) is 0.788. The molecule has 1 N–H and O–H groups in total. The van der Waals surface area contributed by atoms with Crippen LogP contribution in [0.4, 0.5) is 0 Å². The van der Waals surface area contributed by atoms with Gasteiger partial charge in [0.05, 0.1) is 12.2 Å². The molecule has 0 unspecified atom stereocenters. The van der Waals surface area contributed by atoms with E-state index < -0.39 is 0 Å². The zero-order valence-electron chi connectivity index (χ0n) is 14.3. The molecule has 0 saturated heterocycles. The fraction of sp³-hybridized carbons (Fsp3) is 0.368. The fourth-order valence-corrected chi connectivity index (χ4v) is 3.01. The molecule has 1 aromatic carbocycles. The van der Waals surface area contributed by atoms with Crippen LogP contribution in [-0.2, 0) is 22.4 Å². The second-order valence-corrected chi connectivity index (χ2v) is 6.24. The van der Waals surface area contributed by atoms with Gasteiger partial charge in [-0.05, 0) is 18.4 Å². The summed E-state index contributed by atoms with van der Waals surface area (Å²) in [4.78, 5) is 0. The summed E-state index contributed by atoms with van der Waals surface area (Å²) >= 11 is 6.38. The van der Waals surface area contributed by atoms with Crippen LogP contribution in [0.3, 0.4) is 0 Å². The van der Waals surface area contributed by atoms with Gasteiger partial charge in [0.25, 0.3) is 0 Å². The Kier molecular flexibility index (Phi) is 6.25. The number of ether oxygens (including phenoxy) is 2. The third kappa shape index (κ3) is 4.50. The maximum atomic E-state index is 6.38. The molecule has 6 heteroatoms. The van der Waals surface area contributed by atoms with Crippen molar-refractivity contribution in [2.75, 3.05) is 13.3 Å². The van der Waals surface area contributed by atoms with Crippen molar-refractivity contribution in [3.05, 3.63) is 58.6 Å². The SMILES string of the molecule is CCCCc1c(-c2ccccc2)nnc(Cl)c1CNCC1=COCO1. The summed E-state index contributed by atoms with van der Waals surface area (Å²) in [5.41, 5.74) is 4.14. The molecular weight excluding hydrogens is 338 g/mol. The van der Waals surface area contributed by atoms with E-state index in [0.29, 0.717) is 18.2 Å². The number of unbranched alkanes of at least 4 members (excludes halogenated alkanes) is 1. The number of aromatic nitrogens is 2. The van der Waals surface area contributed by atoms with Crippen molar-refractivity contribution in [1.29, 1.82) is 0 Å². The number of hydrogen-bond acceptors (Lipinski definition) is 5. The van der Waals surface area contributed by atoms with Crippen LogP contribution in [0.15, 0.2) is 42.4 Å². The maximum Gasteiger partial charge on any atom is 0.229 e. The van der Waals surface area contributed by atoms with E-state index in [4.69, 9.17) is 21.1 Å². The van der Waals surface area contributed by atoms with Gasteiger partial charge in [-0.3, -0.25) is 0 Å². The van der Waals surface area contributed by atoms with Gasteiger partial charge in [0.2, 0.25) is 6.79 Å². The highest BCUT2D eigenvalue weighted by Gasteiger charge is 2.17. The van der Waals surface area contributed by atoms with Gasteiger partial charge >= 0.3 is 0 Å². The van der Waals surface area contributed by atoms with E-state index in [0.717, 1.165) is 47.4 Å². The molecule has 0 radical (unpaired) electrons. The van der Waals surface area contributed by atoms with Gasteiger partial charge in [0.15, 0.2) is 5.15 Å². The molecule has 2 aromatic rings. The lowest BCUT2D eigenvalue weighted by molar-refractivity contribution is 0.0789. The first kappa shape index (κ1) is 17.7. The molecular formula is C19H22ClN3O2. The summed E-state index contributed by atoms with van der Waals surface area (Å²) in [6, 6.07) is 10.1. The summed E-state index contributed by atoms with van der Waals surface area (Å²) in [5, 5.41) is 12.4. The van der Waals surface area contributed by atoms with Gasteiger partial charge in [-0.15, -0.1) is 10.2 Å². The van der Waals surface area contributed by atoms with Gasteiger partial charge in [0.1, 0.15) is 12.0 Å². The van der Waals surface area contributed by atoms with Crippen molar-refractivity contribution < 1.29 is 9.47 Å². The Labute approximate surface area is 153 Å². The normalized spacial score (nSPS) is 13.3. The molecule has 0 bridgehead atoms. The average molecular weight is 360 g/mol. The lowest BCUT2D eigenvalue weighted by Crippen LogP contribution is -2.19. The fourth-order valence-electron chi connectivity index (χ4n) is 2.79. The Balaban J connectivity index is 1.86. The molecule has 0 saturated carbocycles. The third-order valence-corrected chi connectivity index (χ3v) is 4.40. The predicted molar refractivity (Wildman–Crippen MR) is 97.9 cm³/mol. The van der Waals surface area contributed by atoms with E-state index in [-0.39, 0.29) is 6.79 Å². The lowest BCUT2D eigenvalue weighted by Gasteiger charge is -2.15. The van der Waals surface area contributed by atoms with Crippen molar-refractivity contribution in [2.45, 2.75) is 32.7 Å². The van der Waals surface area contributed by atoms with Crippen molar-refractivity contribution in [3.63, 3.8) is 0 Å². The molecule has 1 aliphatic heterocycles. The van der Waals surface area contributed by atoms with Gasteiger partial charge in [0, 0.05) is 17.7 Å². The van der Waals surface area contributed by atoms with E-state index in [9.17, 15) is 0 Å². The second kappa shape index (κ2) is 8.83. The Bertz CT molecular complexity index is 735. The van der Waals surface area contributed by atoms with E-state index >= 15 is 0 Å². The minimum atomic E-state index is 0.286. The quantitative estimate of drug-likeness (QED) is 0.769. The van der Waals surface area contributed by atoms with E-state index in [1.807, 2.05) is 18.2 Å². The first-order chi connectivity index (χ1) is 12.3. The van der Waals surface area contributed by atoms with E-state index in [2.05, 4.69) is 34.6 Å². The van der Waals surface area contributed by atoms with Crippen LogP contribution in [0.1, 0.15) is 30.9 Å².